The fourth-order valence-corrected chi connectivity index (χ4v) is 2.11. The number of nitrogens with one attached hydrogen (secondary N) is 1. The summed E-state index contributed by atoms with van der Waals surface area (Å²) in [6.45, 7) is 2.82. The van der Waals surface area contributed by atoms with Crippen molar-refractivity contribution in [2.75, 3.05) is 13.7 Å². The number of aromatic nitrogens is 2. The van der Waals surface area contributed by atoms with E-state index in [1.165, 1.54) is 19.5 Å². The largest absolute Gasteiger partial charge is 0.496 e. The van der Waals surface area contributed by atoms with Crippen LogP contribution in [0.2, 0.25) is 0 Å². The Morgan fingerprint density at radius 2 is 2.05 bits per heavy atom. The second kappa shape index (κ2) is 6.96. The van der Waals surface area contributed by atoms with Crippen LogP contribution in [0.3, 0.4) is 0 Å². The maximum atomic E-state index is 14.2. The predicted molar refractivity (Wildman–Crippen MR) is 75.1 cm³/mol. The van der Waals surface area contributed by atoms with Crippen molar-refractivity contribution in [1.29, 1.82) is 0 Å². The first-order chi connectivity index (χ1) is 9.77. The fourth-order valence-electron chi connectivity index (χ4n) is 2.11. The molecule has 0 aliphatic rings. The van der Waals surface area contributed by atoms with Gasteiger partial charge in [-0.15, -0.1) is 0 Å². The molecule has 0 amide bonds. The summed E-state index contributed by atoms with van der Waals surface area (Å²) in [6.07, 6.45) is 5.78. The lowest BCUT2D eigenvalue weighted by molar-refractivity contribution is 0.396. The molecule has 1 atom stereocenters. The number of hydrogen-bond acceptors (Lipinski definition) is 4. The topological polar surface area (TPSA) is 47.0 Å². The Balaban J connectivity index is 2.46. The van der Waals surface area contributed by atoms with E-state index in [4.69, 9.17) is 4.74 Å². The third kappa shape index (κ3) is 3.11. The van der Waals surface area contributed by atoms with Crippen molar-refractivity contribution in [2.45, 2.75) is 19.4 Å². The van der Waals surface area contributed by atoms with Crippen LogP contribution in [0.5, 0.6) is 5.75 Å². The quantitative estimate of drug-likeness (QED) is 0.880. The molecule has 0 bridgehead atoms. The van der Waals surface area contributed by atoms with Crippen LogP contribution in [-0.2, 0) is 0 Å². The summed E-state index contributed by atoms with van der Waals surface area (Å²) in [6, 6.07) is 4.49. The van der Waals surface area contributed by atoms with Crippen molar-refractivity contribution in [2.24, 2.45) is 0 Å². The van der Waals surface area contributed by atoms with Gasteiger partial charge in [0.05, 0.1) is 18.7 Å². The normalized spacial score (nSPS) is 12.2. The molecule has 2 rings (SSSR count). The smallest absolute Gasteiger partial charge is 0.132 e. The summed E-state index contributed by atoms with van der Waals surface area (Å²) in [4.78, 5) is 8.02. The van der Waals surface area contributed by atoms with E-state index in [1.54, 1.807) is 24.5 Å². The lowest BCUT2D eigenvalue weighted by Crippen LogP contribution is -2.25. The minimum Gasteiger partial charge on any atom is -0.496 e. The van der Waals surface area contributed by atoms with Gasteiger partial charge in [-0.25, -0.2) is 14.4 Å². The van der Waals surface area contributed by atoms with E-state index in [0.29, 0.717) is 11.3 Å². The van der Waals surface area contributed by atoms with Crippen molar-refractivity contribution in [3.8, 4) is 5.75 Å². The Kier molecular flexibility index (Phi) is 5.01. The summed E-state index contributed by atoms with van der Waals surface area (Å²) in [7, 11) is 1.54. The van der Waals surface area contributed by atoms with Gasteiger partial charge in [0.1, 0.15) is 17.9 Å². The van der Waals surface area contributed by atoms with Crippen LogP contribution >= 0.6 is 0 Å². The van der Waals surface area contributed by atoms with Crippen molar-refractivity contribution in [3.63, 3.8) is 0 Å². The SMILES string of the molecule is CCCNC(c1cncnc1)c1c(F)cccc1OC. The first-order valence-electron chi connectivity index (χ1n) is 6.58. The summed E-state index contributed by atoms with van der Waals surface area (Å²) < 4.78 is 19.5. The van der Waals surface area contributed by atoms with Crippen LogP contribution in [0.4, 0.5) is 4.39 Å². The Morgan fingerprint density at radius 1 is 1.30 bits per heavy atom. The molecule has 0 radical (unpaired) electrons. The zero-order valence-corrected chi connectivity index (χ0v) is 11.6. The van der Waals surface area contributed by atoms with Crippen LogP contribution in [-0.4, -0.2) is 23.6 Å². The Bertz CT molecular complexity index is 548. The number of methoxy groups -OCH3 is 1. The van der Waals surface area contributed by atoms with Crippen LogP contribution in [0.15, 0.2) is 36.9 Å². The monoisotopic (exact) mass is 275 g/mol. The van der Waals surface area contributed by atoms with Crippen molar-refractivity contribution in [1.82, 2.24) is 15.3 Å². The van der Waals surface area contributed by atoms with Crippen molar-refractivity contribution in [3.05, 3.63) is 53.9 Å². The zero-order valence-electron chi connectivity index (χ0n) is 11.6. The zero-order chi connectivity index (χ0) is 14.4. The highest BCUT2D eigenvalue weighted by Gasteiger charge is 2.22. The molecule has 1 unspecified atom stereocenters. The molecule has 106 valence electrons. The van der Waals surface area contributed by atoms with Crippen molar-refractivity contribution < 1.29 is 9.13 Å². The van der Waals surface area contributed by atoms with Gasteiger partial charge in [-0.1, -0.05) is 13.0 Å². The van der Waals surface area contributed by atoms with Crippen LogP contribution in [0, 0.1) is 5.82 Å². The van der Waals surface area contributed by atoms with Gasteiger partial charge >= 0.3 is 0 Å². The highest BCUT2D eigenvalue weighted by atomic mass is 19.1. The van der Waals surface area contributed by atoms with Gasteiger partial charge in [-0.3, -0.25) is 0 Å². The van der Waals surface area contributed by atoms with Gasteiger partial charge in [0.2, 0.25) is 0 Å². The molecule has 20 heavy (non-hydrogen) atoms. The Hall–Kier alpha value is -2.01. The van der Waals surface area contributed by atoms with E-state index in [1.807, 2.05) is 0 Å². The number of benzene rings is 1. The number of ether oxygens (including phenoxy) is 1. The third-order valence-electron chi connectivity index (χ3n) is 3.03. The maximum Gasteiger partial charge on any atom is 0.132 e. The summed E-state index contributed by atoms with van der Waals surface area (Å²) in [5, 5.41) is 3.32. The molecule has 0 saturated heterocycles. The molecule has 1 N–H and O–H groups in total. The van der Waals surface area contributed by atoms with Crippen LogP contribution in [0.1, 0.15) is 30.5 Å². The summed E-state index contributed by atoms with van der Waals surface area (Å²) in [5.41, 5.74) is 1.29. The first-order valence-corrected chi connectivity index (χ1v) is 6.58. The van der Waals surface area contributed by atoms with Gasteiger partial charge in [-0.05, 0) is 25.1 Å². The number of halogens is 1. The van der Waals surface area contributed by atoms with Crippen molar-refractivity contribution >= 4 is 0 Å². The molecule has 0 aliphatic carbocycles. The van der Waals surface area contributed by atoms with Crippen LogP contribution in [0.25, 0.3) is 0 Å². The molecular weight excluding hydrogens is 257 g/mol. The highest BCUT2D eigenvalue weighted by Crippen LogP contribution is 2.31. The average Bonchev–Trinajstić information content (AvgIpc) is 2.50. The molecule has 5 heteroatoms. The van der Waals surface area contributed by atoms with Gasteiger partial charge in [0.25, 0.3) is 0 Å². The molecule has 0 spiro atoms. The van der Waals surface area contributed by atoms with Gasteiger partial charge in [-0.2, -0.15) is 0 Å². The number of rotatable bonds is 6. The lowest BCUT2D eigenvalue weighted by Gasteiger charge is -2.21. The fraction of sp³-hybridized carbons (Fsp3) is 0.333. The second-order valence-electron chi connectivity index (χ2n) is 4.41. The van der Waals surface area contributed by atoms with Gasteiger partial charge in [0, 0.05) is 18.0 Å². The van der Waals surface area contributed by atoms with E-state index in [9.17, 15) is 4.39 Å². The predicted octanol–water partition coefficient (Wildman–Crippen LogP) is 2.71. The molecule has 0 saturated carbocycles. The van der Waals surface area contributed by atoms with Crippen LogP contribution < -0.4 is 10.1 Å². The standard InChI is InChI=1S/C15H18FN3O/c1-3-7-19-15(11-8-17-10-18-9-11)14-12(16)5-4-6-13(14)20-2/h4-6,8-10,15,19H,3,7H2,1-2H3. The van der Waals surface area contributed by atoms with Gasteiger partial charge < -0.3 is 10.1 Å². The highest BCUT2D eigenvalue weighted by molar-refractivity contribution is 5.41. The summed E-state index contributed by atoms with van der Waals surface area (Å²) in [5.74, 6) is 0.212. The molecule has 0 fully saturated rings. The summed E-state index contributed by atoms with van der Waals surface area (Å²) >= 11 is 0. The maximum absolute atomic E-state index is 14.2. The lowest BCUT2D eigenvalue weighted by atomic mass is 9.99. The number of nitrogens with zero attached hydrogens (tertiary/aromatic N) is 2. The van der Waals surface area contributed by atoms with E-state index in [0.717, 1.165) is 18.5 Å². The molecular formula is C15H18FN3O. The Labute approximate surface area is 118 Å². The molecule has 0 aliphatic heterocycles. The van der Waals surface area contributed by atoms with E-state index in [2.05, 4.69) is 22.2 Å². The minimum atomic E-state index is -0.327. The Morgan fingerprint density at radius 3 is 2.70 bits per heavy atom. The van der Waals surface area contributed by atoms with E-state index >= 15 is 0 Å². The van der Waals surface area contributed by atoms with E-state index in [-0.39, 0.29) is 11.9 Å². The third-order valence-corrected chi connectivity index (χ3v) is 3.03. The molecule has 1 aromatic heterocycles. The van der Waals surface area contributed by atoms with Gasteiger partial charge in [0.15, 0.2) is 0 Å². The van der Waals surface area contributed by atoms with E-state index < -0.39 is 0 Å². The first kappa shape index (κ1) is 14.4. The average molecular weight is 275 g/mol. The molecule has 1 heterocycles. The minimum absolute atomic E-state index is 0.304. The number of hydrogen-bond donors (Lipinski definition) is 1. The molecule has 4 nitrogen and oxygen atoms in total. The molecule has 2 aromatic rings. The second-order valence-corrected chi connectivity index (χ2v) is 4.41. The molecule has 1 aromatic carbocycles.